The first-order valence-corrected chi connectivity index (χ1v) is 6.73. The van der Waals surface area contributed by atoms with Gasteiger partial charge in [0, 0.05) is 6.04 Å². The summed E-state index contributed by atoms with van der Waals surface area (Å²) in [5.74, 6) is -1.43. The number of hydrogen-bond donors (Lipinski definition) is 4. The monoisotopic (exact) mass is 277 g/mol. The number of aromatic nitrogens is 2. The van der Waals surface area contributed by atoms with Crippen molar-refractivity contribution in [2.75, 3.05) is 6.61 Å². The lowest BCUT2D eigenvalue weighted by atomic mass is 10.3. The second-order valence-electron chi connectivity index (χ2n) is 3.74. The van der Waals surface area contributed by atoms with Crippen molar-refractivity contribution in [1.29, 1.82) is 0 Å². The highest BCUT2D eigenvalue weighted by Gasteiger charge is 2.29. The number of carboxylic acids is 1. The van der Waals surface area contributed by atoms with Crippen LogP contribution in [0.2, 0.25) is 0 Å². The first kappa shape index (κ1) is 14.6. The lowest BCUT2D eigenvalue weighted by Gasteiger charge is -2.14. The summed E-state index contributed by atoms with van der Waals surface area (Å²) >= 11 is 0. The van der Waals surface area contributed by atoms with Gasteiger partial charge in [-0.1, -0.05) is 6.92 Å². The Hall–Kier alpha value is -1.45. The Morgan fingerprint density at radius 3 is 2.61 bits per heavy atom. The maximum Gasteiger partial charge on any atom is 0.357 e. The third-order valence-electron chi connectivity index (χ3n) is 2.40. The van der Waals surface area contributed by atoms with E-state index in [2.05, 4.69) is 14.9 Å². The van der Waals surface area contributed by atoms with Crippen LogP contribution >= 0.6 is 0 Å². The molecule has 0 radical (unpaired) electrons. The molecule has 0 saturated carbocycles. The van der Waals surface area contributed by atoms with Gasteiger partial charge in [-0.2, -0.15) is 5.10 Å². The zero-order chi connectivity index (χ0) is 13.9. The summed E-state index contributed by atoms with van der Waals surface area (Å²) in [7, 11) is -4.03. The molecule has 18 heavy (non-hydrogen) atoms. The molecule has 9 heteroatoms. The number of sulfonamides is 1. The summed E-state index contributed by atoms with van der Waals surface area (Å²) in [6.07, 6.45) is 0.384. The molecule has 0 bridgehead atoms. The lowest BCUT2D eigenvalue weighted by Crippen LogP contribution is -2.37. The molecule has 0 aliphatic rings. The Morgan fingerprint density at radius 1 is 1.56 bits per heavy atom. The quantitative estimate of drug-likeness (QED) is 0.552. The van der Waals surface area contributed by atoms with Crippen LogP contribution in [0.25, 0.3) is 0 Å². The highest BCUT2D eigenvalue weighted by atomic mass is 32.2. The molecule has 1 atom stereocenters. The summed E-state index contributed by atoms with van der Waals surface area (Å²) in [5.41, 5.74) is -0.430. The van der Waals surface area contributed by atoms with Crippen molar-refractivity contribution >= 4 is 16.0 Å². The predicted molar refractivity (Wildman–Crippen MR) is 61.8 cm³/mol. The first-order chi connectivity index (χ1) is 8.33. The maximum atomic E-state index is 12.0. The predicted octanol–water partition coefficient (Wildman–Crippen LogP) is -0.534. The van der Waals surface area contributed by atoms with E-state index in [0.717, 1.165) is 0 Å². The smallest absolute Gasteiger partial charge is 0.357 e. The molecule has 1 aromatic rings. The summed E-state index contributed by atoms with van der Waals surface area (Å²) in [6.45, 7) is 2.74. The second-order valence-corrected chi connectivity index (χ2v) is 5.39. The Kier molecular flexibility index (Phi) is 4.43. The molecule has 0 aliphatic carbocycles. The average Bonchev–Trinajstić information content (AvgIpc) is 2.69. The highest BCUT2D eigenvalue weighted by molar-refractivity contribution is 7.89. The minimum absolute atomic E-state index is 0.132. The number of aromatic carboxylic acids is 1. The Labute approximate surface area is 104 Å². The molecule has 1 aromatic heterocycles. The van der Waals surface area contributed by atoms with Crippen LogP contribution in [-0.2, 0) is 10.0 Å². The molecule has 102 valence electrons. The van der Waals surface area contributed by atoms with Gasteiger partial charge in [0.05, 0.1) is 12.3 Å². The van der Waals surface area contributed by atoms with Gasteiger partial charge in [0.1, 0.15) is 4.90 Å². The fraction of sp³-hybridized carbons (Fsp3) is 0.556. The third kappa shape index (κ3) is 2.86. The van der Waals surface area contributed by atoms with Crippen molar-refractivity contribution in [3.8, 4) is 0 Å². The van der Waals surface area contributed by atoms with E-state index in [1.165, 1.54) is 6.92 Å². The van der Waals surface area contributed by atoms with Crippen molar-refractivity contribution in [2.24, 2.45) is 0 Å². The van der Waals surface area contributed by atoms with Gasteiger partial charge in [-0.25, -0.2) is 17.9 Å². The van der Waals surface area contributed by atoms with Crippen molar-refractivity contribution in [3.63, 3.8) is 0 Å². The number of aryl methyl sites for hydroxylation is 1. The average molecular weight is 277 g/mol. The Bertz CT molecular complexity index is 532. The summed E-state index contributed by atoms with van der Waals surface area (Å²) in [5, 5.41) is 23.6. The molecular formula is C9H15N3O5S. The van der Waals surface area contributed by atoms with Gasteiger partial charge in [-0.3, -0.25) is 5.10 Å². The molecular weight excluding hydrogens is 262 g/mol. The number of aliphatic hydroxyl groups excluding tert-OH is 1. The zero-order valence-electron chi connectivity index (χ0n) is 9.97. The molecule has 1 rings (SSSR count). The lowest BCUT2D eigenvalue weighted by molar-refractivity contribution is 0.0686. The van der Waals surface area contributed by atoms with Gasteiger partial charge in [0.25, 0.3) is 0 Å². The first-order valence-electron chi connectivity index (χ1n) is 5.25. The van der Waals surface area contributed by atoms with E-state index in [1.807, 2.05) is 0 Å². The standard InChI is InChI=1S/C9H15N3O5S/c1-3-6(4-13)12-18(16,17)8-5(2)10-11-7(8)9(14)15/h6,12-13H,3-4H2,1-2H3,(H,10,11)(H,14,15). The number of nitrogens with one attached hydrogen (secondary N) is 2. The molecule has 0 fully saturated rings. The van der Waals surface area contributed by atoms with Crippen LogP contribution in [0.1, 0.15) is 29.5 Å². The number of aliphatic hydroxyl groups is 1. The largest absolute Gasteiger partial charge is 0.476 e. The fourth-order valence-electron chi connectivity index (χ4n) is 1.42. The van der Waals surface area contributed by atoms with Crippen molar-refractivity contribution in [1.82, 2.24) is 14.9 Å². The van der Waals surface area contributed by atoms with Gasteiger partial charge in [-0.15, -0.1) is 0 Å². The van der Waals surface area contributed by atoms with Crippen LogP contribution in [0.3, 0.4) is 0 Å². The van der Waals surface area contributed by atoms with Gasteiger partial charge in [0.2, 0.25) is 10.0 Å². The normalized spacial score (nSPS) is 13.5. The minimum atomic E-state index is -4.03. The minimum Gasteiger partial charge on any atom is -0.476 e. The van der Waals surface area contributed by atoms with Crippen LogP contribution < -0.4 is 4.72 Å². The van der Waals surface area contributed by atoms with Gasteiger partial charge in [0.15, 0.2) is 5.69 Å². The number of carbonyl (C=O) groups is 1. The highest BCUT2D eigenvalue weighted by Crippen LogP contribution is 2.18. The summed E-state index contributed by atoms with van der Waals surface area (Å²) < 4.78 is 26.3. The van der Waals surface area contributed by atoms with E-state index in [1.54, 1.807) is 6.92 Å². The molecule has 0 amide bonds. The number of carboxylic acid groups (broad SMARTS) is 1. The molecule has 8 nitrogen and oxygen atoms in total. The topological polar surface area (TPSA) is 132 Å². The number of rotatable bonds is 6. The molecule has 4 N–H and O–H groups in total. The third-order valence-corrected chi connectivity index (χ3v) is 4.08. The molecule has 0 aromatic carbocycles. The van der Waals surface area contributed by atoms with E-state index in [-0.39, 0.29) is 12.3 Å². The number of aromatic amines is 1. The van der Waals surface area contributed by atoms with Crippen LogP contribution in [-0.4, -0.2) is 47.4 Å². The van der Waals surface area contributed by atoms with Crippen LogP contribution in [0.4, 0.5) is 0 Å². The molecule has 0 saturated heterocycles. The summed E-state index contributed by atoms with van der Waals surface area (Å²) in [4.78, 5) is 10.5. The van der Waals surface area contributed by atoms with Crippen molar-refractivity contribution in [3.05, 3.63) is 11.4 Å². The molecule has 1 unspecified atom stereocenters. The molecule has 0 aliphatic heterocycles. The Balaban J connectivity index is 3.20. The summed E-state index contributed by atoms with van der Waals surface area (Å²) in [6, 6.07) is -0.661. The molecule has 0 spiro atoms. The van der Waals surface area contributed by atoms with Gasteiger partial charge < -0.3 is 10.2 Å². The molecule has 1 heterocycles. The number of hydrogen-bond acceptors (Lipinski definition) is 5. The van der Waals surface area contributed by atoms with Crippen LogP contribution in [0.5, 0.6) is 0 Å². The van der Waals surface area contributed by atoms with Gasteiger partial charge >= 0.3 is 5.97 Å². The van der Waals surface area contributed by atoms with Crippen LogP contribution in [0, 0.1) is 6.92 Å². The second kappa shape index (κ2) is 5.46. The Morgan fingerprint density at radius 2 is 2.17 bits per heavy atom. The SMILES string of the molecule is CCC(CO)NS(=O)(=O)c1c(C(=O)O)n[nH]c1C. The number of H-pyrrole nitrogens is 1. The van der Waals surface area contributed by atoms with E-state index in [0.29, 0.717) is 6.42 Å². The van der Waals surface area contributed by atoms with E-state index >= 15 is 0 Å². The fourth-order valence-corrected chi connectivity index (χ4v) is 3.05. The number of nitrogens with zero attached hydrogens (tertiary/aromatic N) is 1. The van der Waals surface area contributed by atoms with Crippen molar-refractivity contribution < 1.29 is 23.4 Å². The van der Waals surface area contributed by atoms with Crippen molar-refractivity contribution in [2.45, 2.75) is 31.2 Å². The van der Waals surface area contributed by atoms with Crippen LogP contribution in [0.15, 0.2) is 4.90 Å². The van der Waals surface area contributed by atoms with E-state index < -0.39 is 32.6 Å². The van der Waals surface area contributed by atoms with E-state index in [9.17, 15) is 13.2 Å². The van der Waals surface area contributed by atoms with E-state index in [4.69, 9.17) is 10.2 Å². The maximum absolute atomic E-state index is 12.0. The zero-order valence-corrected chi connectivity index (χ0v) is 10.8. The van der Waals surface area contributed by atoms with Gasteiger partial charge in [-0.05, 0) is 13.3 Å².